The molecule has 4 rings (SSSR count). The fraction of sp³-hybridized carbons (Fsp3) is 0.105. The summed E-state index contributed by atoms with van der Waals surface area (Å²) in [6, 6.07) is 7.21. The Hall–Kier alpha value is -3.81. The van der Waals surface area contributed by atoms with E-state index in [1.54, 1.807) is 42.3 Å². The summed E-state index contributed by atoms with van der Waals surface area (Å²) >= 11 is 0. The Labute approximate surface area is 153 Å². The third-order valence-corrected chi connectivity index (χ3v) is 4.50. The van der Waals surface area contributed by atoms with Gasteiger partial charge in [-0.25, -0.2) is 4.79 Å². The number of hydrogen-bond acceptors (Lipinski definition) is 5. The van der Waals surface area contributed by atoms with Gasteiger partial charge < -0.3 is 5.11 Å². The number of fused-ring (bicyclic) bond motifs is 1. The van der Waals surface area contributed by atoms with Crippen LogP contribution in [-0.4, -0.2) is 42.0 Å². The lowest BCUT2D eigenvalue weighted by Crippen LogP contribution is -2.09. The Morgan fingerprint density at radius 3 is 2.74 bits per heavy atom. The Bertz CT molecular complexity index is 1210. The third-order valence-electron chi connectivity index (χ3n) is 4.50. The molecule has 134 valence electrons. The molecule has 0 bridgehead atoms. The largest absolute Gasteiger partial charge is 0.463 e. The topological polar surface area (TPSA) is 103 Å². The van der Waals surface area contributed by atoms with Crippen LogP contribution in [0.15, 0.2) is 42.9 Å². The minimum Gasteiger partial charge on any atom is -0.463 e. The van der Waals surface area contributed by atoms with Crippen molar-refractivity contribution in [3.63, 3.8) is 0 Å². The van der Waals surface area contributed by atoms with Gasteiger partial charge in [0.15, 0.2) is 0 Å². The average Bonchev–Trinajstić information content (AvgIpc) is 3.25. The first-order valence-corrected chi connectivity index (χ1v) is 8.16. The van der Waals surface area contributed by atoms with Crippen LogP contribution in [0.3, 0.4) is 0 Å². The molecular formula is C19H15N5O3. The summed E-state index contributed by atoms with van der Waals surface area (Å²) in [5, 5.41) is 18.5. The van der Waals surface area contributed by atoms with E-state index in [0.717, 1.165) is 22.1 Å². The number of benzene rings is 1. The highest BCUT2D eigenvalue weighted by molar-refractivity contribution is 5.98. The summed E-state index contributed by atoms with van der Waals surface area (Å²) in [6.07, 6.45) is 4.50. The molecular weight excluding hydrogens is 346 g/mol. The number of aryl methyl sites for hydroxylation is 1. The van der Waals surface area contributed by atoms with Crippen LogP contribution in [0.2, 0.25) is 0 Å². The summed E-state index contributed by atoms with van der Waals surface area (Å²) in [4.78, 5) is 27.2. The maximum absolute atomic E-state index is 11.6. The van der Waals surface area contributed by atoms with Gasteiger partial charge >= 0.3 is 6.09 Å². The number of aromatic nitrogens is 5. The van der Waals surface area contributed by atoms with Gasteiger partial charge in [0.05, 0.1) is 23.6 Å². The van der Waals surface area contributed by atoms with E-state index in [0.29, 0.717) is 33.4 Å². The van der Waals surface area contributed by atoms with Crippen molar-refractivity contribution < 1.29 is 14.7 Å². The second-order valence-corrected chi connectivity index (χ2v) is 6.17. The average molecular weight is 361 g/mol. The molecule has 0 aliphatic rings. The first-order valence-electron chi connectivity index (χ1n) is 8.16. The molecule has 0 unspecified atom stereocenters. The Kier molecular flexibility index (Phi) is 3.80. The molecule has 0 radical (unpaired) electrons. The summed E-state index contributed by atoms with van der Waals surface area (Å²) in [7, 11) is 1.78. The van der Waals surface area contributed by atoms with Crippen molar-refractivity contribution in [1.82, 2.24) is 24.5 Å². The summed E-state index contributed by atoms with van der Waals surface area (Å²) in [5.74, 6) is 0. The van der Waals surface area contributed by atoms with E-state index < -0.39 is 6.09 Å². The molecule has 0 fully saturated rings. The number of hydrogen-bond donors (Lipinski definition) is 1. The predicted octanol–water partition coefficient (Wildman–Crippen LogP) is 3.15. The van der Waals surface area contributed by atoms with Gasteiger partial charge in [0, 0.05) is 35.3 Å². The smallest absolute Gasteiger partial charge is 0.432 e. The van der Waals surface area contributed by atoms with Crippen LogP contribution in [-0.2, 0) is 7.05 Å². The maximum Gasteiger partial charge on any atom is 0.432 e. The first kappa shape index (κ1) is 16.6. The van der Waals surface area contributed by atoms with Gasteiger partial charge in [0.2, 0.25) is 0 Å². The van der Waals surface area contributed by atoms with Crippen LogP contribution in [0, 0.1) is 6.92 Å². The zero-order chi connectivity index (χ0) is 19.1. The van der Waals surface area contributed by atoms with E-state index >= 15 is 0 Å². The zero-order valence-corrected chi connectivity index (χ0v) is 14.6. The number of nitrogens with zero attached hydrogens (tertiary/aromatic N) is 5. The number of rotatable bonds is 3. The summed E-state index contributed by atoms with van der Waals surface area (Å²) in [6.45, 7) is 1.85. The predicted molar refractivity (Wildman–Crippen MR) is 98.7 cm³/mol. The number of carbonyl (C=O) groups excluding carboxylic acids is 1. The lowest BCUT2D eigenvalue weighted by Gasteiger charge is -2.07. The van der Waals surface area contributed by atoms with E-state index in [4.69, 9.17) is 0 Å². The van der Waals surface area contributed by atoms with E-state index in [1.165, 1.54) is 6.20 Å². The molecule has 8 heteroatoms. The highest BCUT2D eigenvalue weighted by atomic mass is 16.4. The minimum atomic E-state index is -1.19. The first-order chi connectivity index (χ1) is 13.0. The van der Waals surface area contributed by atoms with Gasteiger partial charge in [-0.3, -0.25) is 14.5 Å². The fourth-order valence-corrected chi connectivity index (χ4v) is 3.12. The number of pyridine rings is 1. The van der Waals surface area contributed by atoms with Gasteiger partial charge in [-0.05, 0) is 18.6 Å². The van der Waals surface area contributed by atoms with Crippen molar-refractivity contribution in [1.29, 1.82) is 0 Å². The molecule has 0 amide bonds. The quantitative estimate of drug-likeness (QED) is 0.562. The van der Waals surface area contributed by atoms with E-state index in [2.05, 4.69) is 15.2 Å². The maximum atomic E-state index is 11.6. The van der Waals surface area contributed by atoms with Crippen molar-refractivity contribution in [3.05, 3.63) is 54.0 Å². The summed E-state index contributed by atoms with van der Waals surface area (Å²) in [5.41, 5.74) is 4.44. The molecule has 3 heterocycles. The second-order valence-electron chi connectivity index (χ2n) is 6.17. The monoisotopic (exact) mass is 361 g/mol. The van der Waals surface area contributed by atoms with Crippen LogP contribution in [0.4, 0.5) is 4.79 Å². The van der Waals surface area contributed by atoms with Crippen molar-refractivity contribution in [2.45, 2.75) is 6.92 Å². The molecule has 0 aliphatic heterocycles. The van der Waals surface area contributed by atoms with Gasteiger partial charge in [0.25, 0.3) is 0 Å². The van der Waals surface area contributed by atoms with Crippen molar-refractivity contribution in [2.75, 3.05) is 0 Å². The molecule has 27 heavy (non-hydrogen) atoms. The molecule has 1 N–H and O–H groups in total. The summed E-state index contributed by atoms with van der Waals surface area (Å²) < 4.78 is 2.53. The Morgan fingerprint density at radius 2 is 2.07 bits per heavy atom. The van der Waals surface area contributed by atoms with Crippen LogP contribution < -0.4 is 0 Å². The molecule has 0 saturated carbocycles. The number of carbonyl (C=O) groups is 2. The van der Waals surface area contributed by atoms with Gasteiger partial charge in [-0.2, -0.15) is 14.9 Å². The minimum absolute atomic E-state index is 0.384. The van der Waals surface area contributed by atoms with Crippen molar-refractivity contribution in [3.8, 4) is 22.5 Å². The molecule has 4 aromatic rings. The van der Waals surface area contributed by atoms with Gasteiger partial charge in [0.1, 0.15) is 12.0 Å². The van der Waals surface area contributed by atoms with E-state index in [-0.39, 0.29) is 0 Å². The molecule has 1 aromatic carbocycles. The highest BCUT2D eigenvalue weighted by Crippen LogP contribution is 2.31. The van der Waals surface area contributed by atoms with Crippen LogP contribution in [0.25, 0.3) is 33.4 Å². The van der Waals surface area contributed by atoms with Gasteiger partial charge in [-0.15, -0.1) is 0 Å². The Morgan fingerprint density at radius 1 is 1.26 bits per heavy atom. The number of carboxylic acid groups (broad SMARTS) is 1. The van der Waals surface area contributed by atoms with Crippen molar-refractivity contribution in [2.24, 2.45) is 7.05 Å². The lowest BCUT2D eigenvalue weighted by molar-refractivity contribution is 0.112. The molecule has 3 aromatic heterocycles. The van der Waals surface area contributed by atoms with Crippen LogP contribution in [0.1, 0.15) is 15.9 Å². The molecule has 0 spiro atoms. The zero-order valence-electron chi connectivity index (χ0n) is 14.6. The van der Waals surface area contributed by atoms with Gasteiger partial charge in [-0.1, -0.05) is 18.2 Å². The molecule has 8 nitrogen and oxygen atoms in total. The van der Waals surface area contributed by atoms with Crippen molar-refractivity contribution >= 4 is 23.3 Å². The molecule has 0 saturated heterocycles. The normalized spacial score (nSPS) is 11.0. The second kappa shape index (κ2) is 6.17. The fourth-order valence-electron chi connectivity index (χ4n) is 3.12. The molecule has 0 atom stereocenters. The standard InChI is InChI=1S/C19H15N5O3/c1-11-12(10-25)4-3-5-14(11)16-6-15-17(8-20-16)24(19(26)27)22-18(15)13-7-21-23(2)9-13/h3-10H,1-2H3,(H,26,27). The van der Waals surface area contributed by atoms with E-state index in [9.17, 15) is 14.7 Å². The SMILES string of the molecule is Cc1c(C=O)cccc1-c1cc2c(-c3cnn(C)c3)nn(C(=O)O)c2cn1. The van der Waals surface area contributed by atoms with Crippen LogP contribution in [0.5, 0.6) is 0 Å². The molecule has 0 aliphatic carbocycles. The third kappa shape index (κ3) is 2.67. The lowest BCUT2D eigenvalue weighted by atomic mass is 9.99. The van der Waals surface area contributed by atoms with E-state index in [1.807, 2.05) is 13.0 Å². The Balaban J connectivity index is 1.99. The number of aldehydes is 1. The van der Waals surface area contributed by atoms with Crippen LogP contribution >= 0.6 is 0 Å². The highest BCUT2D eigenvalue weighted by Gasteiger charge is 2.19.